The van der Waals surface area contributed by atoms with Gasteiger partial charge < -0.3 is 15.2 Å². The van der Waals surface area contributed by atoms with E-state index in [2.05, 4.69) is 16.6 Å². The molecular formula is C25H30N4O4+2. The van der Waals surface area contributed by atoms with E-state index in [1.807, 2.05) is 29.9 Å². The first-order valence-corrected chi connectivity index (χ1v) is 11.5. The van der Waals surface area contributed by atoms with Crippen molar-refractivity contribution in [1.29, 1.82) is 0 Å². The Balaban J connectivity index is 1.39. The van der Waals surface area contributed by atoms with E-state index in [9.17, 15) is 15.1 Å². The summed E-state index contributed by atoms with van der Waals surface area (Å²) in [5.74, 6) is 0.758. The van der Waals surface area contributed by atoms with Gasteiger partial charge in [-0.25, -0.2) is 0 Å². The monoisotopic (exact) mass is 450 g/mol. The molecule has 2 saturated carbocycles. The Morgan fingerprint density at radius 1 is 1.24 bits per heavy atom. The first kappa shape index (κ1) is 21.6. The van der Waals surface area contributed by atoms with Gasteiger partial charge in [-0.3, -0.25) is 10.0 Å². The van der Waals surface area contributed by atoms with Gasteiger partial charge in [0.1, 0.15) is 11.1 Å². The fourth-order valence-corrected chi connectivity index (χ4v) is 4.61. The number of hydrogen-bond acceptors (Lipinski definition) is 5. The number of amides is 1. The third-order valence-corrected chi connectivity index (χ3v) is 6.78. The molecule has 8 heteroatoms. The first-order chi connectivity index (χ1) is 15.8. The normalized spacial score (nSPS) is 25.2. The Morgan fingerprint density at radius 3 is 2.70 bits per heavy atom. The topological polar surface area (TPSA) is 98.0 Å². The summed E-state index contributed by atoms with van der Waals surface area (Å²) in [6.45, 7) is 1.90. The zero-order valence-corrected chi connectivity index (χ0v) is 19.0. The average Bonchev–Trinajstić information content (AvgIpc) is 3.55. The van der Waals surface area contributed by atoms with Gasteiger partial charge in [-0.05, 0) is 57.6 Å². The lowest BCUT2D eigenvalue weighted by molar-refractivity contribution is -0.910. The third-order valence-electron chi connectivity index (χ3n) is 6.78. The Morgan fingerprint density at radius 2 is 2.00 bits per heavy atom. The number of aliphatic hydroxyl groups is 1. The standard InChI is InChI=1S/C25H29N4O4/c1-25(31)10-8-16(9-11-25)14-28-15-18-12-20(23(33-2)13-19(18)27-28)26-24(30)22-5-3-4-21(29(22)32)17-6-7-17/h3-5,12-17,31H,6-11H2,1-2H3,(H-,26,30,32)/q+1/p+1/b28-14+. The molecule has 2 aromatic rings. The number of nitrogens with one attached hydrogen (secondary N) is 1. The van der Waals surface area contributed by atoms with Crippen molar-refractivity contribution in [3.05, 3.63) is 52.3 Å². The van der Waals surface area contributed by atoms with E-state index < -0.39 is 11.5 Å². The number of rotatable bonds is 5. The summed E-state index contributed by atoms with van der Waals surface area (Å²) >= 11 is 0. The molecular weight excluding hydrogens is 420 g/mol. The number of anilines is 1. The predicted molar refractivity (Wildman–Crippen MR) is 121 cm³/mol. The summed E-state index contributed by atoms with van der Waals surface area (Å²) in [5.41, 5.74) is 0.884. The number of ether oxygens (including phenoxy) is 1. The number of nitrogens with zero attached hydrogens (tertiary/aromatic N) is 3. The van der Waals surface area contributed by atoms with Gasteiger partial charge in [-0.2, -0.15) is 0 Å². The minimum absolute atomic E-state index is 0.179. The van der Waals surface area contributed by atoms with E-state index in [0.29, 0.717) is 23.3 Å². The van der Waals surface area contributed by atoms with Crippen LogP contribution < -0.4 is 25.4 Å². The number of aromatic nitrogens is 1. The van der Waals surface area contributed by atoms with Crippen LogP contribution in [0.5, 0.6) is 5.75 Å². The quantitative estimate of drug-likeness (QED) is 0.477. The Labute approximate surface area is 192 Å². The number of benzene rings is 1. The zero-order valence-electron chi connectivity index (χ0n) is 19.0. The third kappa shape index (κ3) is 4.48. The molecule has 0 saturated heterocycles. The van der Waals surface area contributed by atoms with Gasteiger partial charge in [0.15, 0.2) is 6.21 Å². The van der Waals surface area contributed by atoms with Crippen molar-refractivity contribution in [1.82, 2.24) is 0 Å². The zero-order chi connectivity index (χ0) is 23.2. The summed E-state index contributed by atoms with van der Waals surface area (Å²) in [6.07, 6.45) is 9.49. The molecule has 1 aromatic carbocycles. The highest BCUT2D eigenvalue weighted by atomic mass is 16.5. The van der Waals surface area contributed by atoms with Crippen molar-refractivity contribution in [3.8, 4) is 5.75 Å². The summed E-state index contributed by atoms with van der Waals surface area (Å²) in [7, 11) is 1.55. The molecule has 3 N–H and O–H groups in total. The van der Waals surface area contributed by atoms with Crippen LogP contribution in [0.3, 0.4) is 0 Å². The molecule has 3 aliphatic rings. The van der Waals surface area contributed by atoms with E-state index in [1.54, 1.807) is 25.3 Å². The van der Waals surface area contributed by atoms with Crippen molar-refractivity contribution < 1.29 is 29.3 Å². The minimum Gasteiger partial charge on any atom is -0.494 e. The molecule has 1 aromatic heterocycles. The van der Waals surface area contributed by atoms with Crippen LogP contribution in [0.2, 0.25) is 0 Å². The van der Waals surface area contributed by atoms with E-state index in [0.717, 1.165) is 59.5 Å². The Hall–Kier alpha value is -3.26. The molecule has 0 spiro atoms. The van der Waals surface area contributed by atoms with Gasteiger partial charge in [0.2, 0.25) is 11.9 Å². The molecule has 172 valence electrons. The molecule has 0 bridgehead atoms. The van der Waals surface area contributed by atoms with Crippen LogP contribution in [0.4, 0.5) is 5.69 Å². The number of hydrogen-bond donors (Lipinski definition) is 3. The van der Waals surface area contributed by atoms with Crippen LogP contribution >= 0.6 is 0 Å². The van der Waals surface area contributed by atoms with Gasteiger partial charge in [0.25, 0.3) is 0 Å². The number of carbonyl (C=O) groups is 1. The number of carbonyl (C=O) groups excluding carboxylic acids is 1. The largest absolute Gasteiger partial charge is 0.494 e. The van der Waals surface area contributed by atoms with Crippen molar-refractivity contribution in [2.24, 2.45) is 11.0 Å². The van der Waals surface area contributed by atoms with Crippen LogP contribution in [0.15, 0.2) is 35.4 Å². The summed E-state index contributed by atoms with van der Waals surface area (Å²) < 4.78 is 8.32. The molecule has 0 radical (unpaired) electrons. The number of methoxy groups -OCH3 is 1. The molecule has 1 amide bonds. The van der Waals surface area contributed by atoms with Gasteiger partial charge in [-0.1, -0.05) is 4.68 Å². The maximum atomic E-state index is 13.0. The molecule has 2 aliphatic carbocycles. The van der Waals surface area contributed by atoms with E-state index in [1.165, 1.54) is 0 Å². The minimum atomic E-state index is -0.565. The lowest BCUT2D eigenvalue weighted by atomic mass is 9.80. The highest BCUT2D eigenvalue weighted by Gasteiger charge is 2.36. The average molecular weight is 451 g/mol. The smallest absolute Gasteiger partial charge is 0.325 e. The van der Waals surface area contributed by atoms with Crippen LogP contribution in [0.1, 0.15) is 67.5 Å². The highest BCUT2D eigenvalue weighted by molar-refractivity contribution is 6.02. The summed E-state index contributed by atoms with van der Waals surface area (Å²) in [4.78, 5) is 13.0. The van der Waals surface area contributed by atoms with Gasteiger partial charge >= 0.3 is 11.6 Å². The summed E-state index contributed by atoms with van der Waals surface area (Å²) in [5, 5.41) is 29.9. The molecule has 8 nitrogen and oxygen atoms in total. The fraction of sp³-hybridized carbons (Fsp3) is 0.440. The van der Waals surface area contributed by atoms with E-state index in [-0.39, 0.29) is 5.69 Å². The molecule has 0 unspecified atom stereocenters. The van der Waals surface area contributed by atoms with Crippen LogP contribution in [-0.2, 0) is 0 Å². The van der Waals surface area contributed by atoms with Gasteiger partial charge in [0.05, 0.1) is 23.6 Å². The van der Waals surface area contributed by atoms with Crippen molar-refractivity contribution in [3.63, 3.8) is 0 Å². The Bertz CT molecular complexity index is 1250. The maximum Gasteiger partial charge on any atom is 0.325 e. The lowest BCUT2D eigenvalue weighted by Gasteiger charge is -2.30. The van der Waals surface area contributed by atoms with Crippen LogP contribution in [-0.4, -0.2) is 39.8 Å². The highest BCUT2D eigenvalue weighted by Crippen LogP contribution is 2.38. The second-order valence-corrected chi connectivity index (χ2v) is 9.58. The second-order valence-electron chi connectivity index (χ2n) is 9.58. The molecule has 1 aliphatic heterocycles. The number of fused-ring (bicyclic) bond motifs is 1. The molecule has 5 rings (SSSR count). The van der Waals surface area contributed by atoms with Crippen LogP contribution in [0.25, 0.3) is 6.20 Å². The molecule has 33 heavy (non-hydrogen) atoms. The Kier molecular flexibility index (Phi) is 5.40. The second kappa shape index (κ2) is 8.26. The molecule has 0 atom stereocenters. The molecule has 2 heterocycles. The van der Waals surface area contributed by atoms with E-state index in [4.69, 9.17) is 4.74 Å². The summed E-state index contributed by atoms with van der Waals surface area (Å²) in [6, 6.07) is 8.87. The lowest BCUT2D eigenvalue weighted by Crippen LogP contribution is -2.43. The maximum absolute atomic E-state index is 13.0. The van der Waals surface area contributed by atoms with Crippen LogP contribution in [0, 0.1) is 5.92 Å². The molecule has 2 fully saturated rings. The van der Waals surface area contributed by atoms with E-state index >= 15 is 0 Å². The van der Waals surface area contributed by atoms with Crippen molar-refractivity contribution in [2.75, 3.05) is 12.4 Å². The van der Waals surface area contributed by atoms with Gasteiger partial charge in [-0.15, -0.1) is 0 Å². The van der Waals surface area contributed by atoms with Gasteiger partial charge in [0, 0.05) is 39.9 Å². The SMILES string of the molecule is COc1cc2c(cc1NC(=O)c1cccc(C3CC3)[n+]1O)=C/[N+](=C\C1CCC(C)(O)CC1)N=2. The first-order valence-electron chi connectivity index (χ1n) is 11.5. The number of pyridine rings is 1. The predicted octanol–water partition coefficient (Wildman–Crippen LogP) is 1.66. The van der Waals surface area contributed by atoms with Crippen molar-refractivity contribution in [2.45, 2.75) is 57.0 Å². The van der Waals surface area contributed by atoms with Crippen molar-refractivity contribution >= 4 is 24.0 Å². The fourth-order valence-electron chi connectivity index (χ4n) is 4.61.